The van der Waals surface area contributed by atoms with Crippen molar-refractivity contribution in [3.05, 3.63) is 47.8 Å². The molecule has 0 unspecified atom stereocenters. The summed E-state index contributed by atoms with van der Waals surface area (Å²) < 4.78 is 1.47. The average Bonchev–Trinajstić information content (AvgIpc) is 2.65. The van der Waals surface area contributed by atoms with E-state index in [-0.39, 0.29) is 5.78 Å². The third kappa shape index (κ3) is 1.42. The highest BCUT2D eigenvalue weighted by atomic mass is 16.1. The van der Waals surface area contributed by atoms with E-state index in [1.807, 2.05) is 18.2 Å². The summed E-state index contributed by atoms with van der Waals surface area (Å²) in [5.74, 6) is -0.0573. The molecule has 0 radical (unpaired) electrons. The van der Waals surface area contributed by atoms with E-state index in [1.54, 1.807) is 19.2 Å². The molecule has 1 aromatic heterocycles. The molecular formula is C10H9N3O. The molecule has 0 aliphatic rings. The maximum Gasteiger partial charge on any atom is 0.212 e. The lowest BCUT2D eigenvalue weighted by Crippen LogP contribution is -2.07. The lowest BCUT2D eigenvalue weighted by atomic mass is 10.1. The summed E-state index contributed by atoms with van der Waals surface area (Å²) in [6, 6.07) is 9.08. The molecule has 0 atom stereocenters. The van der Waals surface area contributed by atoms with Crippen LogP contribution in [-0.4, -0.2) is 20.8 Å². The fourth-order valence-corrected chi connectivity index (χ4v) is 1.23. The third-order valence-corrected chi connectivity index (χ3v) is 1.98. The first-order chi connectivity index (χ1) is 6.79. The van der Waals surface area contributed by atoms with Gasteiger partial charge in [0.15, 0.2) is 0 Å². The van der Waals surface area contributed by atoms with Gasteiger partial charge in [-0.3, -0.25) is 4.79 Å². The molecule has 2 aromatic rings. The number of hydrogen-bond donors (Lipinski definition) is 0. The second-order valence-electron chi connectivity index (χ2n) is 2.94. The monoisotopic (exact) mass is 187 g/mol. The highest BCUT2D eigenvalue weighted by Crippen LogP contribution is 2.06. The van der Waals surface area contributed by atoms with Crippen LogP contribution in [0.1, 0.15) is 16.1 Å². The van der Waals surface area contributed by atoms with Crippen molar-refractivity contribution in [3.63, 3.8) is 0 Å². The van der Waals surface area contributed by atoms with E-state index in [9.17, 15) is 4.79 Å². The van der Waals surface area contributed by atoms with Gasteiger partial charge >= 0.3 is 0 Å². The van der Waals surface area contributed by atoms with E-state index < -0.39 is 0 Å². The fourth-order valence-electron chi connectivity index (χ4n) is 1.23. The molecule has 0 aliphatic carbocycles. The fraction of sp³-hybridized carbons (Fsp3) is 0.100. The van der Waals surface area contributed by atoms with Gasteiger partial charge in [0.05, 0.1) is 6.20 Å². The molecule has 0 aliphatic heterocycles. The van der Waals surface area contributed by atoms with Crippen molar-refractivity contribution in [3.8, 4) is 0 Å². The highest BCUT2D eigenvalue weighted by molar-refractivity contribution is 6.07. The summed E-state index contributed by atoms with van der Waals surface area (Å²) in [5, 5.41) is 7.37. The molecule has 1 heterocycles. The highest BCUT2D eigenvalue weighted by Gasteiger charge is 2.12. The minimum atomic E-state index is -0.0573. The van der Waals surface area contributed by atoms with Crippen molar-refractivity contribution < 1.29 is 4.79 Å². The number of rotatable bonds is 2. The number of carbonyl (C=O) groups is 1. The maximum absolute atomic E-state index is 11.8. The van der Waals surface area contributed by atoms with Gasteiger partial charge in [-0.1, -0.05) is 35.5 Å². The normalized spacial score (nSPS) is 10.1. The second-order valence-corrected chi connectivity index (χ2v) is 2.94. The molecule has 0 bridgehead atoms. The molecule has 0 fully saturated rings. The van der Waals surface area contributed by atoms with Crippen molar-refractivity contribution in [1.29, 1.82) is 0 Å². The number of nitrogens with zero attached hydrogens (tertiary/aromatic N) is 3. The van der Waals surface area contributed by atoms with Crippen molar-refractivity contribution in [2.24, 2.45) is 7.05 Å². The number of hydrogen-bond acceptors (Lipinski definition) is 3. The van der Waals surface area contributed by atoms with Crippen molar-refractivity contribution in [2.75, 3.05) is 0 Å². The van der Waals surface area contributed by atoms with Gasteiger partial charge in [0.25, 0.3) is 0 Å². The predicted molar refractivity (Wildman–Crippen MR) is 50.9 cm³/mol. The van der Waals surface area contributed by atoms with E-state index in [4.69, 9.17) is 0 Å². The van der Waals surface area contributed by atoms with Crippen LogP contribution in [0.2, 0.25) is 0 Å². The topological polar surface area (TPSA) is 47.8 Å². The lowest BCUT2D eigenvalue weighted by molar-refractivity contribution is 0.103. The number of carbonyl (C=O) groups excluding carboxylic acids is 1. The zero-order valence-electron chi connectivity index (χ0n) is 7.71. The Bertz CT molecular complexity index is 447. The Morgan fingerprint density at radius 3 is 2.57 bits per heavy atom. The Morgan fingerprint density at radius 2 is 2.00 bits per heavy atom. The smallest absolute Gasteiger partial charge is 0.212 e. The molecule has 14 heavy (non-hydrogen) atoms. The van der Waals surface area contributed by atoms with Gasteiger partial charge in [-0.15, -0.1) is 5.10 Å². The Labute approximate surface area is 81.2 Å². The van der Waals surface area contributed by atoms with Crippen LogP contribution in [0, 0.1) is 0 Å². The Kier molecular flexibility index (Phi) is 2.10. The van der Waals surface area contributed by atoms with Crippen LogP contribution in [0.4, 0.5) is 0 Å². The van der Waals surface area contributed by atoms with Gasteiger partial charge < -0.3 is 0 Å². The van der Waals surface area contributed by atoms with Crippen LogP contribution in [0.25, 0.3) is 0 Å². The zero-order valence-corrected chi connectivity index (χ0v) is 7.71. The summed E-state index contributed by atoms with van der Waals surface area (Å²) in [7, 11) is 1.70. The van der Waals surface area contributed by atoms with E-state index in [2.05, 4.69) is 10.3 Å². The summed E-state index contributed by atoms with van der Waals surface area (Å²) in [5.41, 5.74) is 1.15. The second kappa shape index (κ2) is 3.41. The number of aromatic nitrogens is 3. The van der Waals surface area contributed by atoms with Crippen LogP contribution >= 0.6 is 0 Å². The Hall–Kier alpha value is -1.97. The largest absolute Gasteiger partial charge is 0.287 e. The Balaban J connectivity index is 2.39. The van der Waals surface area contributed by atoms with Crippen molar-refractivity contribution in [2.45, 2.75) is 0 Å². The quantitative estimate of drug-likeness (QED) is 0.660. The average molecular weight is 187 g/mol. The Morgan fingerprint density at radius 1 is 1.29 bits per heavy atom. The van der Waals surface area contributed by atoms with Crippen molar-refractivity contribution in [1.82, 2.24) is 15.0 Å². The lowest BCUT2D eigenvalue weighted by Gasteiger charge is -1.98. The zero-order chi connectivity index (χ0) is 9.97. The van der Waals surface area contributed by atoms with Crippen LogP contribution in [0.5, 0.6) is 0 Å². The van der Waals surface area contributed by atoms with Crippen molar-refractivity contribution >= 4 is 5.78 Å². The molecule has 70 valence electrons. The summed E-state index contributed by atoms with van der Waals surface area (Å²) in [6.07, 6.45) is 1.47. The minimum Gasteiger partial charge on any atom is -0.287 e. The van der Waals surface area contributed by atoms with E-state index >= 15 is 0 Å². The van der Waals surface area contributed by atoms with Crippen LogP contribution in [0.3, 0.4) is 0 Å². The molecule has 0 spiro atoms. The van der Waals surface area contributed by atoms with Gasteiger partial charge in [0.2, 0.25) is 5.78 Å². The van der Waals surface area contributed by atoms with E-state index in [0.717, 1.165) is 0 Å². The molecule has 1 aromatic carbocycles. The van der Waals surface area contributed by atoms with Crippen LogP contribution < -0.4 is 0 Å². The summed E-state index contributed by atoms with van der Waals surface area (Å²) in [6.45, 7) is 0. The molecule has 0 amide bonds. The van der Waals surface area contributed by atoms with Gasteiger partial charge in [-0.2, -0.15) is 0 Å². The number of ketones is 1. The molecule has 0 saturated carbocycles. The molecule has 0 saturated heterocycles. The molecule has 4 heteroatoms. The predicted octanol–water partition coefficient (Wildman–Crippen LogP) is 1.05. The van der Waals surface area contributed by atoms with Gasteiger partial charge in [0.1, 0.15) is 5.69 Å². The van der Waals surface area contributed by atoms with Gasteiger partial charge in [-0.05, 0) is 0 Å². The summed E-state index contributed by atoms with van der Waals surface area (Å²) >= 11 is 0. The third-order valence-electron chi connectivity index (χ3n) is 1.98. The maximum atomic E-state index is 11.8. The SMILES string of the molecule is Cn1nncc1C(=O)c1ccccc1. The standard InChI is InChI=1S/C10H9N3O/c1-13-9(7-11-12-13)10(14)8-5-3-2-4-6-8/h2-7H,1H3. The first-order valence-electron chi connectivity index (χ1n) is 4.23. The van der Waals surface area contributed by atoms with Gasteiger partial charge in [0, 0.05) is 12.6 Å². The first kappa shape index (κ1) is 8.62. The number of benzene rings is 1. The molecule has 0 N–H and O–H groups in total. The van der Waals surface area contributed by atoms with Crippen LogP contribution in [-0.2, 0) is 7.05 Å². The first-order valence-corrected chi connectivity index (χ1v) is 4.23. The van der Waals surface area contributed by atoms with E-state index in [1.165, 1.54) is 10.9 Å². The van der Waals surface area contributed by atoms with Gasteiger partial charge in [-0.25, -0.2) is 4.68 Å². The molecule has 4 nitrogen and oxygen atoms in total. The van der Waals surface area contributed by atoms with Crippen LogP contribution in [0.15, 0.2) is 36.5 Å². The number of aryl methyl sites for hydroxylation is 1. The summed E-state index contributed by atoms with van der Waals surface area (Å²) in [4.78, 5) is 11.8. The van der Waals surface area contributed by atoms with E-state index in [0.29, 0.717) is 11.3 Å². The molecular weight excluding hydrogens is 178 g/mol. The molecule has 2 rings (SSSR count). The minimum absolute atomic E-state index is 0.0573.